The van der Waals surface area contributed by atoms with Gasteiger partial charge in [0, 0.05) is 11.3 Å². The molecule has 0 amide bonds. The number of carbonyl (C=O) groups excluding carboxylic acids is 1. The molecule has 1 aliphatic rings. The second-order valence-corrected chi connectivity index (χ2v) is 7.23. The minimum atomic E-state index is -0.540. The fourth-order valence-corrected chi connectivity index (χ4v) is 3.72. The van der Waals surface area contributed by atoms with Crippen molar-refractivity contribution in [3.63, 3.8) is 0 Å². The quantitative estimate of drug-likeness (QED) is 0.463. The summed E-state index contributed by atoms with van der Waals surface area (Å²) in [5.41, 5.74) is 1.91. The zero-order chi connectivity index (χ0) is 21.5. The molecular weight excluding hydrogens is 384 g/mol. The van der Waals surface area contributed by atoms with Gasteiger partial charge in [-0.15, -0.1) is 0 Å². The lowest BCUT2D eigenvalue weighted by Crippen LogP contribution is -2.30. The first-order valence-corrected chi connectivity index (χ1v) is 10.4. The zero-order valence-corrected chi connectivity index (χ0v) is 18.1. The summed E-state index contributed by atoms with van der Waals surface area (Å²) in [6, 6.07) is 5.03. The number of aromatic nitrogens is 3. The van der Waals surface area contributed by atoms with Crippen LogP contribution in [0.15, 0.2) is 35.8 Å². The van der Waals surface area contributed by atoms with E-state index >= 15 is 0 Å². The van der Waals surface area contributed by atoms with E-state index in [4.69, 9.17) is 14.2 Å². The lowest BCUT2D eigenvalue weighted by molar-refractivity contribution is -0.139. The Hall–Kier alpha value is -3.03. The summed E-state index contributed by atoms with van der Waals surface area (Å²) in [6.07, 6.45) is 6.91. The molecule has 1 N–H and O–H groups in total. The van der Waals surface area contributed by atoms with Crippen molar-refractivity contribution < 1.29 is 19.0 Å². The molecule has 8 nitrogen and oxygen atoms in total. The molecule has 0 spiro atoms. The predicted octanol–water partition coefficient (Wildman–Crippen LogP) is 4.10. The maximum absolute atomic E-state index is 13.1. The van der Waals surface area contributed by atoms with Crippen LogP contribution in [0.5, 0.6) is 11.5 Å². The van der Waals surface area contributed by atoms with Crippen LogP contribution in [0.1, 0.15) is 57.6 Å². The highest BCUT2D eigenvalue weighted by Gasteiger charge is 2.36. The van der Waals surface area contributed by atoms with Crippen LogP contribution < -0.4 is 14.8 Å². The molecule has 1 aliphatic heterocycles. The van der Waals surface area contributed by atoms with Crippen molar-refractivity contribution in [1.29, 1.82) is 0 Å². The highest BCUT2D eigenvalue weighted by molar-refractivity contribution is 5.92. The number of rotatable bonds is 10. The number of carbonyl (C=O) groups is 1. The summed E-state index contributed by atoms with van der Waals surface area (Å²) in [7, 11) is 3.16. The van der Waals surface area contributed by atoms with Gasteiger partial charge >= 0.3 is 5.97 Å². The number of allylic oxidation sites excluding steroid dienone is 1. The molecule has 2 heterocycles. The van der Waals surface area contributed by atoms with Gasteiger partial charge in [0.25, 0.3) is 0 Å². The molecule has 0 aliphatic carbocycles. The van der Waals surface area contributed by atoms with E-state index in [1.54, 1.807) is 18.9 Å². The third-order valence-electron chi connectivity index (χ3n) is 5.22. The lowest BCUT2D eigenvalue weighted by atomic mass is 9.94. The van der Waals surface area contributed by atoms with E-state index in [-0.39, 0.29) is 5.97 Å². The molecule has 0 saturated heterocycles. The summed E-state index contributed by atoms with van der Waals surface area (Å²) < 4.78 is 18.4. The maximum atomic E-state index is 13.1. The average Bonchev–Trinajstić information content (AvgIpc) is 3.22. The SMILES string of the molecule is CCCCCCCOC(=O)C1=C(C)Nc2ncnn2[C@H]1c1cccc(OC)c1OC. The number of anilines is 1. The van der Waals surface area contributed by atoms with Crippen LogP contribution in [0.2, 0.25) is 0 Å². The molecule has 0 radical (unpaired) electrons. The number of methoxy groups -OCH3 is 2. The van der Waals surface area contributed by atoms with Gasteiger partial charge in [0.2, 0.25) is 5.95 Å². The zero-order valence-electron chi connectivity index (χ0n) is 18.1. The van der Waals surface area contributed by atoms with Crippen LogP contribution in [0.4, 0.5) is 5.95 Å². The first-order valence-electron chi connectivity index (χ1n) is 10.4. The minimum Gasteiger partial charge on any atom is -0.493 e. The number of fused-ring (bicyclic) bond motifs is 1. The van der Waals surface area contributed by atoms with Gasteiger partial charge in [0.15, 0.2) is 11.5 Å². The van der Waals surface area contributed by atoms with Gasteiger partial charge < -0.3 is 19.5 Å². The third kappa shape index (κ3) is 4.42. The van der Waals surface area contributed by atoms with Crippen molar-refractivity contribution in [1.82, 2.24) is 14.8 Å². The summed E-state index contributed by atoms with van der Waals surface area (Å²) in [4.78, 5) is 17.4. The summed E-state index contributed by atoms with van der Waals surface area (Å²) in [5, 5.41) is 7.50. The molecule has 1 aromatic heterocycles. The van der Waals surface area contributed by atoms with Crippen molar-refractivity contribution in [2.45, 2.75) is 52.0 Å². The van der Waals surface area contributed by atoms with E-state index in [9.17, 15) is 4.79 Å². The second kappa shape index (κ2) is 10.1. The van der Waals surface area contributed by atoms with Crippen molar-refractivity contribution in [2.75, 3.05) is 26.1 Å². The summed E-state index contributed by atoms with van der Waals surface area (Å²) in [5.74, 6) is 1.31. The minimum absolute atomic E-state index is 0.369. The van der Waals surface area contributed by atoms with Crippen LogP contribution in [0.25, 0.3) is 0 Å². The fourth-order valence-electron chi connectivity index (χ4n) is 3.72. The molecular formula is C22H30N4O4. The van der Waals surface area contributed by atoms with Gasteiger partial charge in [0.1, 0.15) is 12.4 Å². The predicted molar refractivity (Wildman–Crippen MR) is 114 cm³/mol. The highest BCUT2D eigenvalue weighted by Crippen LogP contribution is 2.42. The molecule has 0 saturated carbocycles. The average molecular weight is 415 g/mol. The Balaban J connectivity index is 1.91. The molecule has 0 bridgehead atoms. The van der Waals surface area contributed by atoms with Crippen molar-refractivity contribution >= 4 is 11.9 Å². The number of para-hydroxylation sites is 1. The maximum Gasteiger partial charge on any atom is 0.338 e. The van der Waals surface area contributed by atoms with E-state index in [0.717, 1.165) is 24.8 Å². The van der Waals surface area contributed by atoms with Gasteiger partial charge in [-0.2, -0.15) is 10.1 Å². The number of benzene rings is 1. The molecule has 0 fully saturated rings. The summed E-state index contributed by atoms with van der Waals surface area (Å²) in [6.45, 7) is 4.41. The van der Waals surface area contributed by atoms with E-state index in [1.165, 1.54) is 19.2 Å². The van der Waals surface area contributed by atoms with Gasteiger partial charge in [0.05, 0.1) is 26.4 Å². The normalized spacial score (nSPS) is 15.4. The Kier molecular flexibility index (Phi) is 7.32. The Morgan fingerprint density at radius 3 is 2.70 bits per heavy atom. The first kappa shape index (κ1) is 21.7. The molecule has 0 unspecified atom stereocenters. The number of nitrogens with zero attached hydrogens (tertiary/aromatic N) is 3. The van der Waals surface area contributed by atoms with Gasteiger partial charge in [-0.1, -0.05) is 44.7 Å². The molecule has 8 heteroatoms. The Morgan fingerprint density at radius 1 is 1.17 bits per heavy atom. The Morgan fingerprint density at radius 2 is 1.97 bits per heavy atom. The summed E-state index contributed by atoms with van der Waals surface area (Å²) >= 11 is 0. The van der Waals surface area contributed by atoms with Gasteiger partial charge in [-0.25, -0.2) is 9.48 Å². The number of hydrogen-bond donors (Lipinski definition) is 1. The smallest absolute Gasteiger partial charge is 0.338 e. The number of nitrogens with one attached hydrogen (secondary N) is 1. The molecule has 3 rings (SSSR count). The van der Waals surface area contributed by atoms with Gasteiger partial charge in [-0.3, -0.25) is 0 Å². The molecule has 30 heavy (non-hydrogen) atoms. The highest BCUT2D eigenvalue weighted by atomic mass is 16.5. The topological polar surface area (TPSA) is 87.5 Å². The first-order chi connectivity index (χ1) is 14.6. The van der Waals surface area contributed by atoms with E-state index < -0.39 is 6.04 Å². The number of esters is 1. The Labute approximate surface area is 177 Å². The standard InChI is InChI=1S/C22H30N4O4/c1-5-6-7-8-9-13-30-21(27)18-15(2)25-22-23-14-24-26(22)19(18)16-11-10-12-17(28-3)20(16)29-4/h10-12,14,19H,5-9,13H2,1-4H3,(H,23,24,25)/t19-/m0/s1. The van der Waals surface area contributed by atoms with E-state index in [0.29, 0.717) is 35.3 Å². The van der Waals surface area contributed by atoms with Crippen LogP contribution in [-0.4, -0.2) is 41.6 Å². The monoisotopic (exact) mass is 414 g/mol. The largest absolute Gasteiger partial charge is 0.493 e. The molecule has 1 aromatic carbocycles. The molecule has 1 atom stereocenters. The van der Waals surface area contributed by atoms with Crippen LogP contribution in [0.3, 0.4) is 0 Å². The van der Waals surface area contributed by atoms with E-state index in [2.05, 4.69) is 22.3 Å². The fraction of sp³-hybridized carbons (Fsp3) is 0.500. The lowest BCUT2D eigenvalue weighted by Gasteiger charge is -2.29. The number of unbranched alkanes of at least 4 members (excludes halogenated alkanes) is 4. The van der Waals surface area contributed by atoms with E-state index in [1.807, 2.05) is 25.1 Å². The van der Waals surface area contributed by atoms with Crippen molar-refractivity contribution in [3.8, 4) is 11.5 Å². The second-order valence-electron chi connectivity index (χ2n) is 7.23. The third-order valence-corrected chi connectivity index (χ3v) is 5.22. The van der Waals surface area contributed by atoms with Crippen molar-refractivity contribution in [2.24, 2.45) is 0 Å². The van der Waals surface area contributed by atoms with Crippen LogP contribution in [0, 0.1) is 0 Å². The molecule has 2 aromatic rings. The van der Waals surface area contributed by atoms with Crippen LogP contribution >= 0.6 is 0 Å². The number of hydrogen-bond acceptors (Lipinski definition) is 7. The molecule has 162 valence electrons. The van der Waals surface area contributed by atoms with Crippen molar-refractivity contribution in [3.05, 3.63) is 41.4 Å². The Bertz CT molecular complexity index is 906. The van der Waals surface area contributed by atoms with Crippen LogP contribution in [-0.2, 0) is 9.53 Å². The number of ether oxygens (including phenoxy) is 3. The van der Waals surface area contributed by atoms with Gasteiger partial charge in [-0.05, 0) is 19.4 Å².